The van der Waals surface area contributed by atoms with Crippen LogP contribution in [-0.2, 0) is 6.54 Å². The van der Waals surface area contributed by atoms with Crippen molar-refractivity contribution in [3.8, 4) is 11.6 Å². The largest absolute Gasteiger partial charge is 0.439 e. The second-order valence-corrected chi connectivity index (χ2v) is 4.76. The van der Waals surface area contributed by atoms with Gasteiger partial charge in [-0.1, -0.05) is 30.3 Å². The molecule has 20 heavy (non-hydrogen) atoms. The minimum Gasteiger partial charge on any atom is -0.439 e. The molecule has 1 aromatic heterocycles. The Morgan fingerprint density at radius 1 is 1.05 bits per heavy atom. The van der Waals surface area contributed by atoms with Crippen LogP contribution in [0.1, 0.15) is 11.1 Å². The van der Waals surface area contributed by atoms with E-state index in [4.69, 9.17) is 10.5 Å². The number of fused-ring (bicyclic) bond motifs is 1. The van der Waals surface area contributed by atoms with E-state index in [-0.39, 0.29) is 0 Å². The lowest BCUT2D eigenvalue weighted by Crippen LogP contribution is -1.97. The van der Waals surface area contributed by atoms with Crippen molar-refractivity contribution < 1.29 is 4.74 Å². The van der Waals surface area contributed by atoms with Crippen LogP contribution in [0.15, 0.2) is 54.6 Å². The molecule has 0 amide bonds. The number of para-hydroxylation sites is 1. The van der Waals surface area contributed by atoms with Gasteiger partial charge in [0.15, 0.2) is 0 Å². The first-order valence-electron chi connectivity index (χ1n) is 6.59. The van der Waals surface area contributed by atoms with Crippen LogP contribution < -0.4 is 10.5 Å². The first-order valence-corrected chi connectivity index (χ1v) is 6.59. The number of rotatable bonds is 3. The predicted molar refractivity (Wildman–Crippen MR) is 80.9 cm³/mol. The topological polar surface area (TPSA) is 48.1 Å². The van der Waals surface area contributed by atoms with Gasteiger partial charge in [0.2, 0.25) is 5.88 Å². The third kappa shape index (κ3) is 2.49. The molecular weight excluding hydrogens is 248 g/mol. The van der Waals surface area contributed by atoms with E-state index >= 15 is 0 Å². The van der Waals surface area contributed by atoms with Gasteiger partial charge in [0, 0.05) is 17.5 Å². The molecule has 0 saturated carbocycles. The summed E-state index contributed by atoms with van der Waals surface area (Å²) in [6, 6.07) is 17.9. The van der Waals surface area contributed by atoms with Crippen molar-refractivity contribution in [1.82, 2.24) is 4.98 Å². The van der Waals surface area contributed by atoms with Gasteiger partial charge in [0.05, 0.1) is 5.52 Å². The molecule has 3 heteroatoms. The Morgan fingerprint density at radius 3 is 2.75 bits per heavy atom. The zero-order valence-corrected chi connectivity index (χ0v) is 11.3. The minimum atomic E-state index is 0.501. The molecule has 0 saturated heterocycles. The summed E-state index contributed by atoms with van der Waals surface area (Å²) in [5.41, 5.74) is 8.64. The second kappa shape index (κ2) is 5.31. The number of aromatic nitrogens is 1. The highest BCUT2D eigenvalue weighted by atomic mass is 16.5. The fourth-order valence-corrected chi connectivity index (χ4v) is 2.15. The monoisotopic (exact) mass is 264 g/mol. The molecule has 0 radical (unpaired) electrons. The average Bonchev–Trinajstić information content (AvgIpc) is 2.48. The van der Waals surface area contributed by atoms with E-state index in [1.165, 1.54) is 0 Å². The molecule has 0 unspecified atom stereocenters. The van der Waals surface area contributed by atoms with Crippen LogP contribution >= 0.6 is 0 Å². The molecule has 0 aliphatic carbocycles. The van der Waals surface area contributed by atoms with Crippen LogP contribution in [0.4, 0.5) is 0 Å². The molecule has 0 fully saturated rings. The Kier molecular flexibility index (Phi) is 3.35. The number of benzene rings is 2. The number of aryl methyl sites for hydroxylation is 1. The van der Waals surface area contributed by atoms with Gasteiger partial charge in [-0.3, -0.25) is 0 Å². The van der Waals surface area contributed by atoms with E-state index in [1.807, 2.05) is 55.5 Å². The smallest absolute Gasteiger partial charge is 0.222 e. The summed E-state index contributed by atoms with van der Waals surface area (Å²) in [5, 5.41) is 1.12. The third-order valence-corrected chi connectivity index (χ3v) is 3.22. The summed E-state index contributed by atoms with van der Waals surface area (Å²) in [4.78, 5) is 4.57. The summed E-state index contributed by atoms with van der Waals surface area (Å²) < 4.78 is 5.89. The molecule has 1 heterocycles. The van der Waals surface area contributed by atoms with Gasteiger partial charge < -0.3 is 10.5 Å². The van der Waals surface area contributed by atoms with Crippen LogP contribution in [0.25, 0.3) is 10.9 Å². The summed E-state index contributed by atoms with van der Waals surface area (Å²) in [6.45, 7) is 2.50. The molecule has 2 N–H and O–H groups in total. The third-order valence-electron chi connectivity index (χ3n) is 3.22. The van der Waals surface area contributed by atoms with E-state index in [9.17, 15) is 0 Å². The Hall–Kier alpha value is -2.39. The normalized spacial score (nSPS) is 10.7. The van der Waals surface area contributed by atoms with Gasteiger partial charge in [-0.15, -0.1) is 0 Å². The van der Waals surface area contributed by atoms with Crippen LogP contribution in [0.5, 0.6) is 11.6 Å². The molecule has 0 aliphatic rings. The second-order valence-electron chi connectivity index (χ2n) is 4.76. The summed E-state index contributed by atoms with van der Waals surface area (Å²) in [5.74, 6) is 1.40. The highest BCUT2D eigenvalue weighted by Crippen LogP contribution is 2.26. The lowest BCUT2D eigenvalue weighted by molar-refractivity contribution is 0.460. The van der Waals surface area contributed by atoms with E-state index < -0.39 is 0 Å². The maximum absolute atomic E-state index is 5.89. The van der Waals surface area contributed by atoms with Crippen LogP contribution in [0.3, 0.4) is 0 Å². The Bertz CT molecular complexity index is 753. The maximum atomic E-state index is 5.89. The fraction of sp³-hybridized carbons (Fsp3) is 0.118. The van der Waals surface area contributed by atoms with Gasteiger partial charge in [0.25, 0.3) is 0 Å². The standard InChI is InChI=1S/C17H16N2O/c1-12-9-14-6-2-3-8-16(14)19-17(12)20-15-7-4-5-13(10-15)11-18/h2-10H,11,18H2,1H3. The first kappa shape index (κ1) is 12.6. The van der Waals surface area contributed by atoms with Crippen molar-refractivity contribution >= 4 is 10.9 Å². The molecule has 2 aromatic carbocycles. The molecular formula is C17H16N2O. The van der Waals surface area contributed by atoms with E-state index in [2.05, 4.69) is 11.1 Å². The zero-order chi connectivity index (χ0) is 13.9. The molecule has 0 atom stereocenters. The van der Waals surface area contributed by atoms with Crippen molar-refractivity contribution in [2.24, 2.45) is 5.73 Å². The van der Waals surface area contributed by atoms with Crippen LogP contribution in [0.2, 0.25) is 0 Å². The number of ether oxygens (including phenoxy) is 1. The molecule has 0 aliphatic heterocycles. The summed E-state index contributed by atoms with van der Waals surface area (Å²) in [7, 11) is 0. The van der Waals surface area contributed by atoms with E-state index in [1.54, 1.807) is 0 Å². The summed E-state index contributed by atoms with van der Waals surface area (Å²) >= 11 is 0. The van der Waals surface area contributed by atoms with Crippen molar-refractivity contribution in [3.05, 3.63) is 65.7 Å². The summed E-state index contributed by atoms with van der Waals surface area (Å²) in [6.07, 6.45) is 0. The molecule has 100 valence electrons. The van der Waals surface area contributed by atoms with Crippen LogP contribution in [-0.4, -0.2) is 4.98 Å². The maximum Gasteiger partial charge on any atom is 0.222 e. The van der Waals surface area contributed by atoms with Gasteiger partial charge in [-0.05, 0) is 36.8 Å². The Balaban J connectivity index is 1.99. The zero-order valence-electron chi connectivity index (χ0n) is 11.3. The number of nitrogens with two attached hydrogens (primary N) is 1. The van der Waals surface area contributed by atoms with Crippen molar-refractivity contribution in [1.29, 1.82) is 0 Å². The molecule has 0 spiro atoms. The van der Waals surface area contributed by atoms with E-state index in [0.29, 0.717) is 12.4 Å². The minimum absolute atomic E-state index is 0.501. The Labute approximate surface area is 118 Å². The van der Waals surface area contributed by atoms with Gasteiger partial charge in [-0.2, -0.15) is 0 Å². The quantitative estimate of drug-likeness (QED) is 0.782. The van der Waals surface area contributed by atoms with E-state index in [0.717, 1.165) is 27.8 Å². The molecule has 0 bridgehead atoms. The fourth-order valence-electron chi connectivity index (χ4n) is 2.15. The molecule has 3 nitrogen and oxygen atoms in total. The van der Waals surface area contributed by atoms with Crippen LogP contribution in [0, 0.1) is 6.92 Å². The number of nitrogens with zero attached hydrogens (tertiary/aromatic N) is 1. The van der Waals surface area contributed by atoms with Crippen molar-refractivity contribution in [2.75, 3.05) is 0 Å². The van der Waals surface area contributed by atoms with Crippen molar-refractivity contribution in [2.45, 2.75) is 13.5 Å². The van der Waals surface area contributed by atoms with Gasteiger partial charge >= 0.3 is 0 Å². The lowest BCUT2D eigenvalue weighted by Gasteiger charge is -2.10. The lowest BCUT2D eigenvalue weighted by atomic mass is 10.1. The number of hydrogen-bond donors (Lipinski definition) is 1. The van der Waals surface area contributed by atoms with Crippen molar-refractivity contribution in [3.63, 3.8) is 0 Å². The highest BCUT2D eigenvalue weighted by molar-refractivity contribution is 5.80. The average molecular weight is 264 g/mol. The number of pyridine rings is 1. The Morgan fingerprint density at radius 2 is 1.90 bits per heavy atom. The predicted octanol–water partition coefficient (Wildman–Crippen LogP) is 3.79. The highest BCUT2D eigenvalue weighted by Gasteiger charge is 2.06. The SMILES string of the molecule is Cc1cc2ccccc2nc1Oc1cccc(CN)c1. The van der Waals surface area contributed by atoms with Gasteiger partial charge in [-0.25, -0.2) is 4.98 Å². The first-order chi connectivity index (χ1) is 9.76. The number of hydrogen-bond acceptors (Lipinski definition) is 3. The molecule has 3 aromatic rings. The van der Waals surface area contributed by atoms with Gasteiger partial charge in [0.1, 0.15) is 5.75 Å². The molecule has 3 rings (SSSR count).